The second kappa shape index (κ2) is 1.01. The van der Waals surface area contributed by atoms with Gasteiger partial charge in [-0.15, -0.1) is 0 Å². The van der Waals surface area contributed by atoms with Crippen molar-refractivity contribution >= 4 is 0 Å². The molecule has 0 amide bonds. The fourth-order valence-corrected chi connectivity index (χ4v) is 0.194. The van der Waals surface area contributed by atoms with Gasteiger partial charge >= 0.3 is 5.82 Å². The molecule has 0 aliphatic heterocycles. The highest BCUT2D eigenvalue weighted by molar-refractivity contribution is 4.49. The Morgan fingerprint density at radius 1 is 1.33 bits per heavy atom. The van der Waals surface area contributed by atoms with Crippen molar-refractivity contribution in [2.24, 2.45) is 0 Å². The van der Waals surface area contributed by atoms with Gasteiger partial charge in [-0.2, -0.15) is 0 Å². The van der Waals surface area contributed by atoms with E-state index in [0.717, 1.165) is 0 Å². The van der Waals surface area contributed by atoms with Crippen molar-refractivity contribution in [3.63, 3.8) is 0 Å². The largest absolute Gasteiger partial charge is 0.518 e. The molecule has 0 unspecified atom stereocenters. The topological polar surface area (TPSA) is 43.4 Å². The van der Waals surface area contributed by atoms with Gasteiger partial charge in [0, 0.05) is 0 Å². The quantitative estimate of drug-likeness (QED) is 0.455. The zero-order valence-electron chi connectivity index (χ0n) is 2.88. The van der Waals surface area contributed by atoms with Crippen LogP contribution < -0.4 is 5.82 Å². The van der Waals surface area contributed by atoms with Crippen LogP contribution in [0.1, 0.15) is 0 Å². The summed E-state index contributed by atoms with van der Waals surface area (Å²) in [5.41, 5.74) is 0. The van der Waals surface area contributed by atoms with Crippen LogP contribution in [0, 0.1) is 0 Å². The molecular formula is C3H2O3. The molecule has 0 spiro atoms. The zero-order valence-corrected chi connectivity index (χ0v) is 2.88. The lowest BCUT2D eigenvalue weighted by Crippen LogP contribution is -1.83. The molecule has 1 rings (SSSR count). The van der Waals surface area contributed by atoms with Crippen LogP contribution in [0.5, 0.6) is 0 Å². The van der Waals surface area contributed by atoms with E-state index in [0.29, 0.717) is 0 Å². The van der Waals surface area contributed by atoms with Gasteiger partial charge in [0.05, 0.1) is 0 Å². The van der Waals surface area contributed by atoms with E-state index >= 15 is 0 Å². The molecule has 32 valence electrons. The van der Waals surface area contributed by atoms with Crippen LogP contribution in [0.15, 0.2) is 26.2 Å². The molecule has 3 nitrogen and oxygen atoms in total. The summed E-state index contributed by atoms with van der Waals surface area (Å²) in [7, 11) is 0. The Hall–Kier alpha value is -0.990. The van der Waals surface area contributed by atoms with Crippen LogP contribution in [0.3, 0.4) is 0 Å². The van der Waals surface area contributed by atoms with Crippen molar-refractivity contribution in [3.05, 3.63) is 23.1 Å². The normalized spacial score (nSPS) is 8.67. The lowest BCUT2D eigenvalue weighted by atomic mass is 11.1. The Labute approximate surface area is 33.2 Å². The Balaban J connectivity index is 3.41. The van der Waals surface area contributed by atoms with Gasteiger partial charge in [-0.25, -0.2) is 4.79 Å². The summed E-state index contributed by atoms with van der Waals surface area (Å²) in [6.45, 7) is 0. The molecule has 0 N–H and O–H groups in total. The summed E-state index contributed by atoms with van der Waals surface area (Å²) in [5.74, 6) is -0.657. The number of rotatable bonds is 0. The van der Waals surface area contributed by atoms with Gasteiger partial charge in [0.2, 0.25) is 0 Å². The predicted molar refractivity (Wildman–Crippen MR) is 17.2 cm³/mol. The first-order valence-corrected chi connectivity index (χ1v) is 1.42. The van der Waals surface area contributed by atoms with E-state index in [9.17, 15) is 4.79 Å². The van der Waals surface area contributed by atoms with Crippen LogP contribution in [0.25, 0.3) is 0 Å². The Kier molecular flexibility index (Phi) is 0.538. The van der Waals surface area contributed by atoms with E-state index in [4.69, 9.17) is 0 Å². The highest BCUT2D eigenvalue weighted by Crippen LogP contribution is 1.70. The van der Waals surface area contributed by atoms with E-state index in [1.165, 1.54) is 12.5 Å². The zero-order chi connectivity index (χ0) is 4.41. The minimum Gasteiger partial charge on any atom is -0.399 e. The standard InChI is InChI=1S/C3H2O3/c4-3-5-1-2-6-3/h1-2H/i3+1. The third-order valence-electron chi connectivity index (χ3n) is 0.384. The molecule has 0 fully saturated rings. The monoisotopic (exact) mass is 87.0 g/mol. The third-order valence-corrected chi connectivity index (χ3v) is 0.384. The summed E-state index contributed by atoms with van der Waals surface area (Å²) in [4.78, 5) is 9.74. The van der Waals surface area contributed by atoms with Crippen molar-refractivity contribution < 1.29 is 8.83 Å². The molecule has 0 saturated heterocycles. The summed E-state index contributed by atoms with van der Waals surface area (Å²) in [6, 6.07) is 0. The van der Waals surface area contributed by atoms with Crippen molar-refractivity contribution in [1.29, 1.82) is 0 Å². The van der Waals surface area contributed by atoms with Gasteiger partial charge < -0.3 is 8.83 Å². The molecule has 0 aliphatic carbocycles. The fourth-order valence-electron chi connectivity index (χ4n) is 0.194. The second-order valence-electron chi connectivity index (χ2n) is 0.758. The van der Waals surface area contributed by atoms with Crippen LogP contribution in [-0.4, -0.2) is 0 Å². The van der Waals surface area contributed by atoms with Crippen molar-refractivity contribution in [2.45, 2.75) is 0 Å². The molecule has 0 saturated carbocycles. The molecule has 0 aromatic carbocycles. The van der Waals surface area contributed by atoms with E-state index in [-0.39, 0.29) is 0 Å². The average molecular weight is 87.0 g/mol. The molecule has 0 aliphatic rings. The summed E-state index contributed by atoms with van der Waals surface area (Å²) < 4.78 is 8.22. The lowest BCUT2D eigenvalue weighted by Gasteiger charge is -1.49. The average Bonchev–Trinajstić information content (AvgIpc) is 1.86. The first-order chi connectivity index (χ1) is 2.89. The van der Waals surface area contributed by atoms with E-state index in [1.807, 2.05) is 0 Å². The molecule has 3 heteroatoms. The highest BCUT2D eigenvalue weighted by Gasteiger charge is 1.77. The maximum Gasteiger partial charge on any atom is 0.518 e. The summed E-state index contributed by atoms with van der Waals surface area (Å²) in [6.07, 6.45) is 2.37. The molecule has 0 atom stereocenters. The first-order valence-electron chi connectivity index (χ1n) is 1.42. The van der Waals surface area contributed by atoms with Crippen LogP contribution in [-0.2, 0) is 0 Å². The molecule has 0 bridgehead atoms. The smallest absolute Gasteiger partial charge is 0.399 e. The number of hydrogen-bond acceptors (Lipinski definition) is 3. The SMILES string of the molecule is O=[13c]1occo1. The van der Waals surface area contributed by atoms with Crippen molar-refractivity contribution in [3.8, 4) is 0 Å². The minimum atomic E-state index is -0.657. The minimum absolute atomic E-state index is 0.657. The summed E-state index contributed by atoms with van der Waals surface area (Å²) in [5, 5.41) is 0. The van der Waals surface area contributed by atoms with Gasteiger partial charge in [0.15, 0.2) is 0 Å². The Morgan fingerprint density at radius 2 is 1.83 bits per heavy atom. The molecular weight excluding hydrogens is 85.0 g/mol. The maximum absolute atomic E-state index is 9.74. The highest BCUT2D eigenvalue weighted by atomic mass is 16.6. The Bertz CT molecular complexity index is 144. The van der Waals surface area contributed by atoms with Gasteiger partial charge in [-0.05, 0) is 0 Å². The van der Waals surface area contributed by atoms with Crippen LogP contribution in [0.2, 0.25) is 0 Å². The fraction of sp³-hybridized carbons (Fsp3) is 0. The second-order valence-corrected chi connectivity index (χ2v) is 0.758. The predicted octanol–water partition coefficient (Wildman–Crippen LogP) is 0.233. The number of hydrogen-bond donors (Lipinski definition) is 0. The van der Waals surface area contributed by atoms with Gasteiger partial charge in [-0.1, -0.05) is 0 Å². The van der Waals surface area contributed by atoms with Gasteiger partial charge in [0.1, 0.15) is 12.5 Å². The lowest BCUT2D eigenvalue weighted by molar-refractivity contribution is 0.385. The third kappa shape index (κ3) is 0.337. The van der Waals surface area contributed by atoms with Crippen LogP contribution in [0.4, 0.5) is 0 Å². The van der Waals surface area contributed by atoms with Gasteiger partial charge in [0.25, 0.3) is 0 Å². The molecule has 1 aromatic heterocycles. The van der Waals surface area contributed by atoms with E-state index in [2.05, 4.69) is 8.83 Å². The van der Waals surface area contributed by atoms with Crippen molar-refractivity contribution in [2.75, 3.05) is 0 Å². The van der Waals surface area contributed by atoms with Gasteiger partial charge in [-0.3, -0.25) is 0 Å². The molecule has 1 heterocycles. The van der Waals surface area contributed by atoms with E-state index in [1.54, 1.807) is 0 Å². The molecule has 6 heavy (non-hydrogen) atoms. The van der Waals surface area contributed by atoms with Crippen molar-refractivity contribution in [1.82, 2.24) is 0 Å². The van der Waals surface area contributed by atoms with E-state index < -0.39 is 5.82 Å². The summed E-state index contributed by atoms with van der Waals surface area (Å²) >= 11 is 0. The van der Waals surface area contributed by atoms with Crippen LogP contribution >= 0.6 is 0 Å². The maximum atomic E-state index is 9.74. The molecule has 0 radical (unpaired) electrons. The first kappa shape index (κ1) is 3.21. The Morgan fingerprint density at radius 3 is 2.00 bits per heavy atom. The molecule has 1 aromatic rings.